The van der Waals surface area contributed by atoms with Crippen molar-refractivity contribution in [3.05, 3.63) is 74.5 Å². The fourth-order valence-electron chi connectivity index (χ4n) is 2.47. The third-order valence-corrected chi connectivity index (χ3v) is 4.15. The molecule has 5 heteroatoms. The van der Waals surface area contributed by atoms with E-state index < -0.39 is 0 Å². The summed E-state index contributed by atoms with van der Waals surface area (Å²) in [5, 5.41) is 4.28. The molecule has 4 nitrogen and oxygen atoms in total. The first kappa shape index (κ1) is 15.3. The molecule has 0 spiro atoms. The molecule has 1 amide bonds. The van der Waals surface area contributed by atoms with Gasteiger partial charge in [0, 0.05) is 27.2 Å². The van der Waals surface area contributed by atoms with Gasteiger partial charge in [-0.15, -0.1) is 0 Å². The smallest absolute Gasteiger partial charge is 0.255 e. The summed E-state index contributed by atoms with van der Waals surface area (Å²) in [7, 11) is 0. The van der Waals surface area contributed by atoms with Gasteiger partial charge in [-0.05, 0) is 49.7 Å². The van der Waals surface area contributed by atoms with Crippen molar-refractivity contribution in [1.82, 2.24) is 4.98 Å². The molecule has 1 aromatic heterocycles. The highest BCUT2D eigenvalue weighted by atomic mass is 35.5. The summed E-state index contributed by atoms with van der Waals surface area (Å²) < 4.78 is 0. The van der Waals surface area contributed by atoms with E-state index in [0.29, 0.717) is 27.4 Å². The minimum atomic E-state index is -0.252. The molecule has 116 valence electrons. The van der Waals surface area contributed by atoms with Crippen LogP contribution in [0.25, 0.3) is 10.9 Å². The number of hydrogen-bond donors (Lipinski definition) is 2. The second-order valence-electron chi connectivity index (χ2n) is 5.43. The minimum Gasteiger partial charge on any atom is -0.322 e. The molecule has 1 heterocycles. The first-order valence-corrected chi connectivity index (χ1v) is 7.53. The van der Waals surface area contributed by atoms with E-state index in [2.05, 4.69) is 10.3 Å². The van der Waals surface area contributed by atoms with Crippen LogP contribution in [0.3, 0.4) is 0 Å². The quantitative estimate of drug-likeness (QED) is 0.746. The fraction of sp³-hybridized carbons (Fsp3) is 0.111. The van der Waals surface area contributed by atoms with Crippen LogP contribution in [0.5, 0.6) is 0 Å². The summed E-state index contributed by atoms with van der Waals surface area (Å²) in [5.74, 6) is -0.252. The first-order valence-electron chi connectivity index (χ1n) is 7.16. The number of aryl methyl sites for hydroxylation is 1. The largest absolute Gasteiger partial charge is 0.322 e. The summed E-state index contributed by atoms with van der Waals surface area (Å²) in [6.45, 7) is 3.71. The van der Waals surface area contributed by atoms with Gasteiger partial charge >= 0.3 is 0 Å². The molecule has 0 atom stereocenters. The molecule has 0 fully saturated rings. The molecule has 2 aromatic carbocycles. The highest BCUT2D eigenvalue weighted by Gasteiger charge is 2.09. The van der Waals surface area contributed by atoms with Crippen molar-refractivity contribution in [2.45, 2.75) is 13.8 Å². The van der Waals surface area contributed by atoms with Gasteiger partial charge in [-0.25, -0.2) is 0 Å². The summed E-state index contributed by atoms with van der Waals surface area (Å²) in [4.78, 5) is 27.0. The Bertz CT molecular complexity index is 976. The van der Waals surface area contributed by atoms with Crippen LogP contribution in [0, 0.1) is 13.8 Å². The van der Waals surface area contributed by atoms with E-state index in [1.54, 1.807) is 37.3 Å². The lowest BCUT2D eigenvalue weighted by molar-refractivity contribution is 0.102. The number of carbonyl (C=O) groups is 1. The van der Waals surface area contributed by atoms with Crippen LogP contribution in [0.15, 0.2) is 47.3 Å². The predicted molar refractivity (Wildman–Crippen MR) is 93.4 cm³/mol. The molecule has 3 rings (SSSR count). The molecular formula is C18H15ClN2O2. The standard InChI is InChI=1S/C18H15ClN2O2/c1-10-11(2)17(22)21-16-9-14(6-7-15(10)16)20-18(23)12-4-3-5-13(19)8-12/h3-9H,1-2H3,(H,20,23)(H,21,22). The van der Waals surface area contributed by atoms with E-state index in [1.165, 1.54) is 0 Å². The highest BCUT2D eigenvalue weighted by molar-refractivity contribution is 6.31. The number of hydrogen-bond acceptors (Lipinski definition) is 2. The third kappa shape index (κ3) is 2.98. The van der Waals surface area contributed by atoms with Gasteiger partial charge in [-0.3, -0.25) is 9.59 Å². The van der Waals surface area contributed by atoms with E-state index in [4.69, 9.17) is 11.6 Å². The van der Waals surface area contributed by atoms with Gasteiger partial charge in [0.15, 0.2) is 0 Å². The zero-order valence-electron chi connectivity index (χ0n) is 12.7. The predicted octanol–water partition coefficient (Wildman–Crippen LogP) is 4.05. The van der Waals surface area contributed by atoms with Crippen LogP contribution in [0.1, 0.15) is 21.5 Å². The Labute approximate surface area is 138 Å². The second kappa shape index (κ2) is 5.89. The van der Waals surface area contributed by atoms with Crippen LogP contribution in [0.2, 0.25) is 5.02 Å². The van der Waals surface area contributed by atoms with Crippen LogP contribution in [0.4, 0.5) is 5.69 Å². The number of benzene rings is 2. The lowest BCUT2D eigenvalue weighted by atomic mass is 10.1. The van der Waals surface area contributed by atoms with Gasteiger partial charge in [-0.1, -0.05) is 23.7 Å². The van der Waals surface area contributed by atoms with Gasteiger partial charge in [0.1, 0.15) is 0 Å². The number of carbonyl (C=O) groups excluding carboxylic acids is 1. The Morgan fingerprint density at radius 2 is 1.87 bits per heavy atom. The Kier molecular flexibility index (Phi) is 3.92. The molecule has 0 bridgehead atoms. The van der Waals surface area contributed by atoms with Crippen molar-refractivity contribution >= 4 is 34.1 Å². The fourth-order valence-corrected chi connectivity index (χ4v) is 2.66. The Hall–Kier alpha value is -2.59. The van der Waals surface area contributed by atoms with Crippen molar-refractivity contribution in [1.29, 1.82) is 0 Å². The summed E-state index contributed by atoms with van der Waals surface area (Å²) in [5.41, 5.74) is 3.31. The number of H-pyrrole nitrogens is 1. The molecule has 0 unspecified atom stereocenters. The van der Waals surface area contributed by atoms with Crippen molar-refractivity contribution in [3.63, 3.8) is 0 Å². The topological polar surface area (TPSA) is 62.0 Å². The maximum Gasteiger partial charge on any atom is 0.255 e. The highest BCUT2D eigenvalue weighted by Crippen LogP contribution is 2.21. The number of nitrogens with one attached hydrogen (secondary N) is 2. The van der Waals surface area contributed by atoms with Crippen LogP contribution < -0.4 is 10.9 Å². The van der Waals surface area contributed by atoms with Gasteiger partial charge < -0.3 is 10.3 Å². The maximum atomic E-state index is 12.2. The normalized spacial score (nSPS) is 10.7. The van der Waals surface area contributed by atoms with Crippen molar-refractivity contribution in [3.8, 4) is 0 Å². The molecule has 0 aliphatic carbocycles. The Morgan fingerprint density at radius 3 is 2.61 bits per heavy atom. The molecule has 0 saturated heterocycles. The number of pyridine rings is 1. The van der Waals surface area contributed by atoms with E-state index in [9.17, 15) is 9.59 Å². The van der Waals surface area contributed by atoms with Gasteiger partial charge in [-0.2, -0.15) is 0 Å². The number of anilines is 1. The van der Waals surface area contributed by atoms with Crippen LogP contribution >= 0.6 is 11.6 Å². The molecule has 2 N–H and O–H groups in total. The van der Waals surface area contributed by atoms with Crippen molar-refractivity contribution in [2.24, 2.45) is 0 Å². The summed E-state index contributed by atoms with van der Waals surface area (Å²) >= 11 is 5.90. The number of aromatic amines is 1. The number of rotatable bonds is 2. The molecule has 0 aliphatic heterocycles. The van der Waals surface area contributed by atoms with E-state index in [1.807, 2.05) is 19.1 Å². The molecular weight excluding hydrogens is 312 g/mol. The van der Waals surface area contributed by atoms with Gasteiger partial charge in [0.2, 0.25) is 0 Å². The summed E-state index contributed by atoms with van der Waals surface area (Å²) in [6, 6.07) is 12.2. The van der Waals surface area contributed by atoms with Crippen molar-refractivity contribution in [2.75, 3.05) is 5.32 Å². The van der Waals surface area contributed by atoms with Gasteiger partial charge in [0.05, 0.1) is 5.52 Å². The van der Waals surface area contributed by atoms with E-state index >= 15 is 0 Å². The lowest BCUT2D eigenvalue weighted by Gasteiger charge is -2.09. The number of halogens is 1. The molecule has 0 radical (unpaired) electrons. The first-order chi connectivity index (χ1) is 11.0. The van der Waals surface area contributed by atoms with Crippen LogP contribution in [-0.2, 0) is 0 Å². The monoisotopic (exact) mass is 326 g/mol. The van der Waals surface area contributed by atoms with E-state index in [0.717, 1.165) is 10.9 Å². The third-order valence-electron chi connectivity index (χ3n) is 3.92. The average molecular weight is 327 g/mol. The molecule has 0 aliphatic rings. The number of amides is 1. The van der Waals surface area contributed by atoms with E-state index in [-0.39, 0.29) is 11.5 Å². The minimum absolute atomic E-state index is 0.117. The van der Waals surface area contributed by atoms with Crippen molar-refractivity contribution < 1.29 is 4.79 Å². The molecule has 23 heavy (non-hydrogen) atoms. The Balaban J connectivity index is 1.97. The Morgan fingerprint density at radius 1 is 1.09 bits per heavy atom. The van der Waals surface area contributed by atoms with Gasteiger partial charge in [0.25, 0.3) is 11.5 Å². The lowest BCUT2D eigenvalue weighted by Crippen LogP contribution is -2.13. The molecule has 3 aromatic rings. The SMILES string of the molecule is Cc1c(C)c2ccc(NC(=O)c3cccc(Cl)c3)cc2[nH]c1=O. The molecule has 0 saturated carbocycles. The van der Waals surface area contributed by atoms with Crippen LogP contribution in [-0.4, -0.2) is 10.9 Å². The number of fused-ring (bicyclic) bond motifs is 1. The zero-order chi connectivity index (χ0) is 16.6. The number of aromatic nitrogens is 1. The second-order valence-corrected chi connectivity index (χ2v) is 5.87. The summed E-state index contributed by atoms with van der Waals surface area (Å²) in [6.07, 6.45) is 0. The zero-order valence-corrected chi connectivity index (χ0v) is 13.5. The maximum absolute atomic E-state index is 12.2. The average Bonchev–Trinajstić information content (AvgIpc) is 2.52.